The Morgan fingerprint density at radius 3 is 3.09 bits per heavy atom. The lowest BCUT2D eigenvalue weighted by molar-refractivity contribution is 0.852. The molecule has 54 valence electrons. The van der Waals surface area contributed by atoms with Crippen LogP contribution in [-0.2, 0) is 0 Å². The minimum atomic E-state index is 0.407. The van der Waals surface area contributed by atoms with Gasteiger partial charge in [0.2, 0.25) is 0 Å². The first-order valence-electron chi connectivity index (χ1n) is 3.92. The molecule has 0 aromatic rings. The van der Waals surface area contributed by atoms with Crippen LogP contribution in [0.5, 0.6) is 0 Å². The summed E-state index contributed by atoms with van der Waals surface area (Å²) < 4.78 is 0. The molecule has 1 aliphatic heterocycles. The molecule has 1 saturated carbocycles. The fraction of sp³-hybridized carbons (Fsp3) is 0.333. The number of allylic oxidation sites excluding steroid dienone is 4. The van der Waals surface area contributed by atoms with Crippen LogP contribution >= 0.6 is 0 Å². The van der Waals surface area contributed by atoms with Gasteiger partial charge in [0, 0.05) is 11.0 Å². The third-order valence-electron chi connectivity index (χ3n) is 2.50. The molecule has 2 aliphatic carbocycles. The maximum absolute atomic E-state index is 3.98. The van der Waals surface area contributed by atoms with Gasteiger partial charge in [-0.05, 0) is 18.9 Å². The van der Waals surface area contributed by atoms with Crippen LogP contribution in [0, 0.1) is 5.41 Å². The van der Waals surface area contributed by atoms with E-state index < -0.39 is 0 Å². The molecule has 0 radical (unpaired) electrons. The van der Waals surface area contributed by atoms with Crippen molar-refractivity contribution in [1.82, 2.24) is 0 Å². The highest BCUT2D eigenvalue weighted by atomic mass is 15.2. The van der Waals surface area contributed by atoms with E-state index in [1.807, 2.05) is 6.21 Å². The van der Waals surface area contributed by atoms with Crippen LogP contribution in [0.1, 0.15) is 12.8 Å². The summed E-state index contributed by atoms with van der Waals surface area (Å²) in [7, 11) is 0. The lowest BCUT2D eigenvalue weighted by Crippen LogP contribution is -2.06. The first-order chi connectivity index (χ1) is 5.38. The van der Waals surface area contributed by atoms with Gasteiger partial charge in [-0.25, -0.2) is 0 Å². The summed E-state index contributed by atoms with van der Waals surface area (Å²) in [6, 6.07) is 0. The highest BCUT2D eigenvalue weighted by Crippen LogP contribution is 2.50. The van der Waals surface area contributed by atoms with Gasteiger partial charge in [-0.15, -0.1) is 0 Å². The molecule has 0 saturated heterocycles. The van der Waals surface area contributed by atoms with Crippen LogP contribution < -0.4 is 0 Å². The van der Waals surface area contributed by atoms with Crippen LogP contribution in [0.25, 0.3) is 0 Å². The standard InChI is InChI=1S/C9H8N2/c1-2-9(3-4-9)5-7-6-10-11-8(1)7/h1-2,5-6H,3-4H2. The molecule has 11 heavy (non-hydrogen) atoms. The molecule has 0 aromatic carbocycles. The Labute approximate surface area is 65.0 Å². The molecule has 0 unspecified atom stereocenters. The van der Waals surface area contributed by atoms with Gasteiger partial charge in [-0.2, -0.15) is 10.2 Å². The minimum absolute atomic E-state index is 0.407. The van der Waals surface area contributed by atoms with Crippen molar-refractivity contribution in [3.8, 4) is 0 Å². The zero-order valence-corrected chi connectivity index (χ0v) is 6.12. The Hall–Kier alpha value is -1.18. The first-order valence-corrected chi connectivity index (χ1v) is 3.92. The second-order valence-electron chi connectivity index (χ2n) is 3.40. The Balaban J connectivity index is 2.12. The molecule has 1 heterocycles. The van der Waals surface area contributed by atoms with E-state index in [1.54, 1.807) is 0 Å². The van der Waals surface area contributed by atoms with Crippen molar-refractivity contribution in [3.05, 3.63) is 23.8 Å². The molecule has 2 nitrogen and oxygen atoms in total. The second-order valence-corrected chi connectivity index (χ2v) is 3.40. The van der Waals surface area contributed by atoms with E-state index >= 15 is 0 Å². The number of hydrogen-bond acceptors (Lipinski definition) is 2. The Kier molecular flexibility index (Phi) is 0.757. The van der Waals surface area contributed by atoms with Gasteiger partial charge in [0.15, 0.2) is 0 Å². The van der Waals surface area contributed by atoms with Gasteiger partial charge in [-0.3, -0.25) is 0 Å². The Morgan fingerprint density at radius 2 is 2.27 bits per heavy atom. The first kappa shape index (κ1) is 5.47. The van der Waals surface area contributed by atoms with E-state index in [4.69, 9.17) is 0 Å². The lowest BCUT2D eigenvalue weighted by atomic mass is 9.94. The summed E-state index contributed by atoms with van der Waals surface area (Å²) in [4.78, 5) is 0. The van der Waals surface area contributed by atoms with Gasteiger partial charge < -0.3 is 0 Å². The predicted octanol–water partition coefficient (Wildman–Crippen LogP) is 1.70. The lowest BCUT2D eigenvalue weighted by Gasteiger charge is -2.09. The van der Waals surface area contributed by atoms with Crippen LogP contribution in [0.2, 0.25) is 0 Å². The number of hydrogen-bond donors (Lipinski definition) is 0. The molecule has 1 fully saturated rings. The molecule has 0 bridgehead atoms. The molecule has 0 aromatic heterocycles. The van der Waals surface area contributed by atoms with Crippen molar-refractivity contribution >= 4 is 11.9 Å². The van der Waals surface area contributed by atoms with Gasteiger partial charge in [0.1, 0.15) is 0 Å². The fourth-order valence-corrected chi connectivity index (χ4v) is 1.58. The van der Waals surface area contributed by atoms with Crippen molar-refractivity contribution in [2.24, 2.45) is 15.6 Å². The number of rotatable bonds is 0. The van der Waals surface area contributed by atoms with Crippen LogP contribution in [0.4, 0.5) is 0 Å². The molecule has 0 atom stereocenters. The van der Waals surface area contributed by atoms with E-state index in [9.17, 15) is 0 Å². The molecule has 3 rings (SSSR count). The van der Waals surface area contributed by atoms with E-state index in [1.165, 1.54) is 18.4 Å². The number of fused-ring (bicyclic) bond motifs is 1. The summed E-state index contributed by atoms with van der Waals surface area (Å²) in [5, 5.41) is 7.85. The van der Waals surface area contributed by atoms with Gasteiger partial charge in [0.25, 0.3) is 0 Å². The van der Waals surface area contributed by atoms with Gasteiger partial charge in [0.05, 0.1) is 11.9 Å². The average Bonchev–Trinajstić information content (AvgIpc) is 2.63. The maximum Gasteiger partial charge on any atom is 0.0939 e. The maximum atomic E-state index is 3.98. The van der Waals surface area contributed by atoms with E-state index in [-0.39, 0.29) is 0 Å². The molecule has 1 spiro atoms. The topological polar surface area (TPSA) is 24.7 Å². The largest absolute Gasteiger partial charge is 0.158 e. The van der Waals surface area contributed by atoms with Gasteiger partial charge in [-0.1, -0.05) is 12.2 Å². The third-order valence-corrected chi connectivity index (χ3v) is 2.50. The third kappa shape index (κ3) is 0.666. The Bertz CT molecular complexity index is 327. The van der Waals surface area contributed by atoms with Crippen molar-refractivity contribution in [2.45, 2.75) is 12.8 Å². The summed E-state index contributed by atoms with van der Waals surface area (Å²) in [6.45, 7) is 0. The minimum Gasteiger partial charge on any atom is -0.158 e. The monoisotopic (exact) mass is 144 g/mol. The van der Waals surface area contributed by atoms with Crippen LogP contribution in [0.15, 0.2) is 34.0 Å². The van der Waals surface area contributed by atoms with E-state index in [2.05, 4.69) is 28.4 Å². The summed E-state index contributed by atoms with van der Waals surface area (Å²) >= 11 is 0. The highest BCUT2D eigenvalue weighted by Gasteiger charge is 2.40. The van der Waals surface area contributed by atoms with Crippen LogP contribution in [-0.4, -0.2) is 11.9 Å². The van der Waals surface area contributed by atoms with Crippen molar-refractivity contribution < 1.29 is 0 Å². The van der Waals surface area contributed by atoms with Gasteiger partial charge >= 0.3 is 0 Å². The molecule has 0 amide bonds. The zero-order valence-electron chi connectivity index (χ0n) is 6.12. The molecule has 2 heteroatoms. The average molecular weight is 144 g/mol. The summed E-state index contributed by atoms with van der Waals surface area (Å²) in [5.41, 5.74) is 2.65. The van der Waals surface area contributed by atoms with Crippen LogP contribution in [0.3, 0.4) is 0 Å². The fourth-order valence-electron chi connectivity index (χ4n) is 1.58. The van der Waals surface area contributed by atoms with Crippen molar-refractivity contribution in [2.75, 3.05) is 0 Å². The molecular weight excluding hydrogens is 136 g/mol. The highest BCUT2D eigenvalue weighted by molar-refractivity contribution is 6.24. The SMILES string of the molecule is C1=CC2(C=C3C=NN=C13)CC2. The van der Waals surface area contributed by atoms with Crippen molar-refractivity contribution in [3.63, 3.8) is 0 Å². The number of nitrogens with zero attached hydrogens (tertiary/aromatic N) is 2. The smallest absolute Gasteiger partial charge is 0.0939 e. The predicted molar refractivity (Wildman–Crippen MR) is 44.8 cm³/mol. The summed E-state index contributed by atoms with van der Waals surface area (Å²) in [6.07, 6.45) is 11.1. The van der Waals surface area contributed by atoms with E-state index in [0.29, 0.717) is 5.41 Å². The molecule has 3 aliphatic rings. The normalized spacial score (nSPS) is 28.4. The Morgan fingerprint density at radius 1 is 1.36 bits per heavy atom. The second kappa shape index (κ2) is 1.52. The quantitative estimate of drug-likeness (QED) is 0.494. The summed E-state index contributed by atoms with van der Waals surface area (Å²) in [5.74, 6) is 0. The van der Waals surface area contributed by atoms with E-state index in [0.717, 1.165) is 5.71 Å². The molecular formula is C9H8N2. The zero-order chi connectivity index (χ0) is 7.31. The van der Waals surface area contributed by atoms with Crippen molar-refractivity contribution in [1.29, 1.82) is 0 Å². The molecule has 0 N–H and O–H groups in total.